The molecule has 2 amide bonds. The van der Waals surface area contributed by atoms with Crippen LogP contribution in [0.25, 0.3) is 0 Å². The molecule has 2 aromatic carbocycles. The van der Waals surface area contributed by atoms with Gasteiger partial charge in [-0.2, -0.15) is 0 Å². The number of ether oxygens (including phenoxy) is 1. The fourth-order valence-corrected chi connectivity index (χ4v) is 3.34. The quantitative estimate of drug-likeness (QED) is 0.832. The van der Waals surface area contributed by atoms with Crippen LogP contribution in [0.5, 0.6) is 5.75 Å². The van der Waals surface area contributed by atoms with Crippen LogP contribution in [0.4, 0.5) is 0 Å². The summed E-state index contributed by atoms with van der Waals surface area (Å²) >= 11 is 0. The predicted molar refractivity (Wildman–Crippen MR) is 99.9 cm³/mol. The molecule has 0 spiro atoms. The summed E-state index contributed by atoms with van der Waals surface area (Å²) in [6, 6.07) is 17.0. The lowest BCUT2D eigenvalue weighted by atomic mass is 9.97. The number of hydrogen-bond donors (Lipinski definition) is 1. The normalized spacial score (nSPS) is 16.5. The monoisotopic (exact) mass is 352 g/mol. The zero-order chi connectivity index (χ0) is 18.4. The summed E-state index contributed by atoms with van der Waals surface area (Å²) in [7, 11) is 0. The van der Waals surface area contributed by atoms with E-state index in [0.29, 0.717) is 24.5 Å². The Balaban J connectivity index is 1.45. The molecule has 0 aromatic heterocycles. The third-order valence-corrected chi connectivity index (χ3v) is 4.70. The number of benzene rings is 2. The third kappa shape index (κ3) is 4.85. The minimum Gasteiger partial charge on any atom is -0.493 e. The molecule has 1 saturated heterocycles. The average Bonchev–Trinajstić information content (AvgIpc) is 3.11. The van der Waals surface area contributed by atoms with Gasteiger partial charge < -0.3 is 15.4 Å². The Bertz CT molecular complexity index is 761. The van der Waals surface area contributed by atoms with Gasteiger partial charge >= 0.3 is 0 Å². The molecule has 5 heteroatoms. The number of primary amides is 1. The van der Waals surface area contributed by atoms with Crippen LogP contribution in [0.1, 0.15) is 28.8 Å². The Morgan fingerprint density at radius 3 is 2.69 bits per heavy atom. The molecule has 1 fully saturated rings. The molecular formula is C21H24N2O3. The summed E-state index contributed by atoms with van der Waals surface area (Å²) in [6.07, 6.45) is 2.22. The number of amides is 2. The first-order chi connectivity index (χ1) is 12.6. The van der Waals surface area contributed by atoms with Crippen molar-refractivity contribution in [2.75, 3.05) is 19.7 Å². The maximum atomic E-state index is 12.4. The van der Waals surface area contributed by atoms with Crippen LogP contribution in [-0.2, 0) is 11.2 Å². The molecule has 2 aromatic rings. The molecule has 5 nitrogen and oxygen atoms in total. The van der Waals surface area contributed by atoms with Crippen LogP contribution >= 0.6 is 0 Å². The van der Waals surface area contributed by atoms with E-state index in [1.54, 1.807) is 6.07 Å². The standard InChI is InChI=1S/C21H24N2O3/c22-21(25)18-6-4-5-16(14-18)13-17-9-11-23(15-17)20(24)10-12-26-19-7-2-1-3-8-19/h1-8,14,17H,9-13,15H2,(H2,22,25). The van der Waals surface area contributed by atoms with Crippen LogP contribution in [0.15, 0.2) is 54.6 Å². The van der Waals surface area contributed by atoms with Crippen molar-refractivity contribution in [1.29, 1.82) is 0 Å². The van der Waals surface area contributed by atoms with Gasteiger partial charge in [-0.15, -0.1) is 0 Å². The number of para-hydroxylation sites is 1. The topological polar surface area (TPSA) is 72.6 Å². The molecule has 1 heterocycles. The molecule has 1 aliphatic heterocycles. The highest BCUT2D eigenvalue weighted by Crippen LogP contribution is 2.22. The Morgan fingerprint density at radius 2 is 1.92 bits per heavy atom. The minimum atomic E-state index is -0.409. The van der Waals surface area contributed by atoms with E-state index >= 15 is 0 Å². The molecule has 0 saturated carbocycles. The number of nitrogens with two attached hydrogens (primary N) is 1. The predicted octanol–water partition coefficient (Wildman–Crippen LogP) is 2.65. The molecule has 1 aliphatic rings. The molecule has 0 bridgehead atoms. The van der Waals surface area contributed by atoms with Crippen molar-refractivity contribution in [3.8, 4) is 5.75 Å². The van der Waals surface area contributed by atoms with E-state index in [-0.39, 0.29) is 5.91 Å². The van der Waals surface area contributed by atoms with Crippen LogP contribution in [-0.4, -0.2) is 36.4 Å². The van der Waals surface area contributed by atoms with Crippen molar-refractivity contribution in [3.63, 3.8) is 0 Å². The van der Waals surface area contributed by atoms with Crippen molar-refractivity contribution in [3.05, 3.63) is 65.7 Å². The van der Waals surface area contributed by atoms with Crippen molar-refractivity contribution >= 4 is 11.8 Å². The van der Waals surface area contributed by atoms with E-state index in [1.807, 2.05) is 53.4 Å². The van der Waals surface area contributed by atoms with Crippen molar-refractivity contribution < 1.29 is 14.3 Å². The number of rotatable bonds is 7. The molecule has 3 rings (SSSR count). The third-order valence-electron chi connectivity index (χ3n) is 4.70. The fourth-order valence-electron chi connectivity index (χ4n) is 3.34. The summed E-state index contributed by atoms with van der Waals surface area (Å²) in [5.74, 6) is 0.925. The summed E-state index contributed by atoms with van der Waals surface area (Å²) in [6.45, 7) is 1.93. The highest BCUT2D eigenvalue weighted by Gasteiger charge is 2.26. The van der Waals surface area contributed by atoms with E-state index < -0.39 is 5.91 Å². The SMILES string of the molecule is NC(=O)c1cccc(CC2CCN(C(=O)CCOc3ccccc3)C2)c1. The molecule has 0 aliphatic carbocycles. The van der Waals surface area contributed by atoms with Crippen molar-refractivity contribution in [2.45, 2.75) is 19.3 Å². The summed E-state index contributed by atoms with van der Waals surface area (Å²) < 4.78 is 5.60. The van der Waals surface area contributed by atoms with Gasteiger partial charge in [-0.05, 0) is 48.6 Å². The van der Waals surface area contributed by atoms with Gasteiger partial charge in [-0.3, -0.25) is 9.59 Å². The second kappa shape index (κ2) is 8.52. The molecule has 26 heavy (non-hydrogen) atoms. The Hall–Kier alpha value is -2.82. The molecule has 1 unspecified atom stereocenters. The van der Waals surface area contributed by atoms with E-state index in [2.05, 4.69) is 0 Å². The number of carbonyl (C=O) groups excluding carboxylic acids is 2. The zero-order valence-corrected chi connectivity index (χ0v) is 14.8. The average molecular weight is 352 g/mol. The summed E-state index contributed by atoms with van der Waals surface area (Å²) in [5, 5.41) is 0. The lowest BCUT2D eigenvalue weighted by Crippen LogP contribution is -2.30. The van der Waals surface area contributed by atoms with E-state index in [0.717, 1.165) is 37.2 Å². The van der Waals surface area contributed by atoms with Gasteiger partial charge in [0.1, 0.15) is 5.75 Å². The highest BCUT2D eigenvalue weighted by molar-refractivity contribution is 5.92. The number of likely N-dealkylation sites (tertiary alicyclic amines) is 1. The van der Waals surface area contributed by atoms with Crippen LogP contribution in [0, 0.1) is 5.92 Å². The second-order valence-electron chi connectivity index (χ2n) is 6.67. The van der Waals surface area contributed by atoms with E-state index in [4.69, 9.17) is 10.5 Å². The van der Waals surface area contributed by atoms with Gasteiger partial charge in [-0.1, -0.05) is 30.3 Å². The van der Waals surface area contributed by atoms with Gasteiger partial charge in [0.05, 0.1) is 13.0 Å². The number of nitrogens with zero attached hydrogens (tertiary/aromatic N) is 1. The smallest absolute Gasteiger partial charge is 0.248 e. The Morgan fingerprint density at radius 1 is 1.12 bits per heavy atom. The van der Waals surface area contributed by atoms with Gasteiger partial charge in [0.2, 0.25) is 11.8 Å². The van der Waals surface area contributed by atoms with Gasteiger partial charge in [0.15, 0.2) is 0 Å². The van der Waals surface area contributed by atoms with Gasteiger partial charge in [-0.25, -0.2) is 0 Å². The molecule has 1 atom stereocenters. The first-order valence-corrected chi connectivity index (χ1v) is 8.96. The minimum absolute atomic E-state index is 0.134. The molecule has 2 N–H and O–H groups in total. The summed E-state index contributed by atoms with van der Waals surface area (Å²) in [4.78, 5) is 25.6. The Kier molecular flexibility index (Phi) is 5.89. The van der Waals surface area contributed by atoms with Crippen molar-refractivity contribution in [1.82, 2.24) is 4.90 Å². The van der Waals surface area contributed by atoms with Gasteiger partial charge in [0, 0.05) is 18.7 Å². The zero-order valence-electron chi connectivity index (χ0n) is 14.8. The largest absolute Gasteiger partial charge is 0.493 e. The molecule has 136 valence electrons. The lowest BCUT2D eigenvalue weighted by molar-refractivity contribution is -0.130. The maximum absolute atomic E-state index is 12.4. The maximum Gasteiger partial charge on any atom is 0.248 e. The van der Waals surface area contributed by atoms with E-state index in [1.165, 1.54) is 0 Å². The Labute approximate surface area is 153 Å². The lowest BCUT2D eigenvalue weighted by Gasteiger charge is -2.17. The van der Waals surface area contributed by atoms with Crippen molar-refractivity contribution in [2.24, 2.45) is 11.7 Å². The van der Waals surface area contributed by atoms with Crippen LogP contribution in [0.3, 0.4) is 0 Å². The van der Waals surface area contributed by atoms with Crippen LogP contribution in [0.2, 0.25) is 0 Å². The number of hydrogen-bond acceptors (Lipinski definition) is 3. The first kappa shape index (κ1) is 18.0. The van der Waals surface area contributed by atoms with E-state index in [9.17, 15) is 9.59 Å². The highest BCUT2D eigenvalue weighted by atomic mass is 16.5. The molecular weight excluding hydrogens is 328 g/mol. The summed E-state index contributed by atoms with van der Waals surface area (Å²) in [5.41, 5.74) is 6.96. The first-order valence-electron chi connectivity index (χ1n) is 8.96. The van der Waals surface area contributed by atoms with Gasteiger partial charge in [0.25, 0.3) is 0 Å². The second-order valence-corrected chi connectivity index (χ2v) is 6.67. The number of carbonyl (C=O) groups is 2. The fraction of sp³-hybridized carbons (Fsp3) is 0.333. The van der Waals surface area contributed by atoms with Crippen LogP contribution < -0.4 is 10.5 Å². The molecule has 0 radical (unpaired) electrons.